The summed E-state index contributed by atoms with van der Waals surface area (Å²) in [7, 11) is 0. The van der Waals surface area contributed by atoms with Gasteiger partial charge in [-0.05, 0) is 18.6 Å². The molecule has 0 saturated carbocycles. The van der Waals surface area contributed by atoms with E-state index in [9.17, 15) is 9.90 Å². The molecule has 0 bridgehead atoms. The van der Waals surface area contributed by atoms with Crippen LogP contribution in [0.1, 0.15) is 15.9 Å². The van der Waals surface area contributed by atoms with Crippen LogP contribution >= 0.6 is 0 Å². The summed E-state index contributed by atoms with van der Waals surface area (Å²) < 4.78 is 0. The standard InChI is InChI=1S/C8H10N2O2/c1-4-2-3-5(8(10)12)6(9)7(4)11/h2-3,11H,9H2,1H3,(H2,10,12). The fourth-order valence-corrected chi connectivity index (χ4v) is 0.932. The average molecular weight is 166 g/mol. The maximum atomic E-state index is 10.7. The van der Waals surface area contributed by atoms with Crippen LogP contribution in [0.25, 0.3) is 0 Å². The summed E-state index contributed by atoms with van der Waals surface area (Å²) in [5.41, 5.74) is 11.3. The van der Waals surface area contributed by atoms with Gasteiger partial charge in [0, 0.05) is 0 Å². The minimum absolute atomic E-state index is 0.0440. The van der Waals surface area contributed by atoms with Gasteiger partial charge in [0.15, 0.2) is 0 Å². The van der Waals surface area contributed by atoms with Crippen LogP contribution in [0.2, 0.25) is 0 Å². The number of carbonyl (C=O) groups is 1. The first-order chi connectivity index (χ1) is 5.54. The number of aryl methyl sites for hydroxylation is 1. The molecule has 1 amide bonds. The van der Waals surface area contributed by atoms with Crippen LogP contribution in [0.3, 0.4) is 0 Å². The van der Waals surface area contributed by atoms with Crippen LogP contribution in [-0.4, -0.2) is 11.0 Å². The number of amides is 1. The van der Waals surface area contributed by atoms with Crippen molar-refractivity contribution >= 4 is 11.6 Å². The number of hydrogen-bond acceptors (Lipinski definition) is 3. The number of hydrogen-bond donors (Lipinski definition) is 3. The quantitative estimate of drug-likeness (QED) is 0.416. The molecule has 0 aliphatic heterocycles. The number of nitrogens with two attached hydrogens (primary N) is 2. The molecule has 0 aliphatic rings. The van der Waals surface area contributed by atoms with Crippen molar-refractivity contribution in [1.29, 1.82) is 0 Å². The smallest absolute Gasteiger partial charge is 0.250 e. The molecule has 0 spiro atoms. The van der Waals surface area contributed by atoms with E-state index in [-0.39, 0.29) is 17.0 Å². The molecular formula is C8H10N2O2. The first-order valence-electron chi connectivity index (χ1n) is 3.42. The zero-order valence-electron chi connectivity index (χ0n) is 6.66. The highest BCUT2D eigenvalue weighted by molar-refractivity contribution is 5.99. The second-order valence-corrected chi connectivity index (χ2v) is 2.56. The molecule has 0 aromatic heterocycles. The van der Waals surface area contributed by atoms with E-state index in [1.807, 2.05) is 0 Å². The first-order valence-corrected chi connectivity index (χ1v) is 3.42. The number of aromatic hydroxyl groups is 1. The Kier molecular flexibility index (Phi) is 1.91. The summed E-state index contributed by atoms with van der Waals surface area (Å²) in [5.74, 6) is -0.714. The molecule has 64 valence electrons. The van der Waals surface area contributed by atoms with Gasteiger partial charge in [0.05, 0.1) is 11.3 Å². The molecule has 0 saturated heterocycles. The van der Waals surface area contributed by atoms with E-state index in [0.717, 1.165) is 0 Å². The average Bonchev–Trinajstić information content (AvgIpc) is 2.00. The zero-order valence-corrected chi connectivity index (χ0v) is 6.66. The first kappa shape index (κ1) is 8.39. The second-order valence-electron chi connectivity index (χ2n) is 2.56. The molecular weight excluding hydrogens is 156 g/mol. The van der Waals surface area contributed by atoms with E-state index in [2.05, 4.69) is 0 Å². The number of benzene rings is 1. The molecule has 0 unspecified atom stereocenters. The van der Waals surface area contributed by atoms with Gasteiger partial charge < -0.3 is 16.6 Å². The van der Waals surface area contributed by atoms with Crippen LogP contribution in [0.4, 0.5) is 5.69 Å². The van der Waals surface area contributed by atoms with Crippen molar-refractivity contribution in [3.8, 4) is 5.75 Å². The fourth-order valence-electron chi connectivity index (χ4n) is 0.932. The number of primary amides is 1. The molecule has 0 atom stereocenters. The fraction of sp³-hybridized carbons (Fsp3) is 0.125. The number of phenolic OH excluding ortho intramolecular Hbond substituents is 1. The van der Waals surface area contributed by atoms with Crippen molar-refractivity contribution in [2.24, 2.45) is 5.73 Å². The number of rotatable bonds is 1. The van der Waals surface area contributed by atoms with E-state index < -0.39 is 5.91 Å². The Hall–Kier alpha value is -1.71. The normalized spacial score (nSPS) is 9.75. The van der Waals surface area contributed by atoms with Crippen molar-refractivity contribution in [2.45, 2.75) is 6.92 Å². The van der Waals surface area contributed by atoms with Gasteiger partial charge in [0.25, 0.3) is 5.91 Å². The Morgan fingerprint density at radius 2 is 2.08 bits per heavy atom. The second kappa shape index (κ2) is 2.73. The Morgan fingerprint density at radius 1 is 1.50 bits per heavy atom. The lowest BCUT2D eigenvalue weighted by molar-refractivity contribution is 0.100. The van der Waals surface area contributed by atoms with Crippen molar-refractivity contribution in [2.75, 3.05) is 5.73 Å². The van der Waals surface area contributed by atoms with Crippen molar-refractivity contribution in [3.63, 3.8) is 0 Å². The highest BCUT2D eigenvalue weighted by Gasteiger charge is 2.10. The van der Waals surface area contributed by atoms with Gasteiger partial charge in [-0.2, -0.15) is 0 Å². The highest BCUT2D eigenvalue weighted by atomic mass is 16.3. The molecule has 0 radical (unpaired) electrons. The number of carbonyl (C=O) groups excluding carboxylic acids is 1. The van der Waals surface area contributed by atoms with Gasteiger partial charge in [0.2, 0.25) is 0 Å². The third kappa shape index (κ3) is 1.18. The van der Waals surface area contributed by atoms with Gasteiger partial charge in [0.1, 0.15) is 5.75 Å². The van der Waals surface area contributed by atoms with Crippen LogP contribution < -0.4 is 11.5 Å². The lowest BCUT2D eigenvalue weighted by atomic mass is 10.1. The van der Waals surface area contributed by atoms with Gasteiger partial charge in [-0.3, -0.25) is 4.79 Å². The largest absolute Gasteiger partial charge is 0.505 e. The zero-order chi connectivity index (χ0) is 9.30. The summed E-state index contributed by atoms with van der Waals surface area (Å²) >= 11 is 0. The number of nitrogen functional groups attached to an aromatic ring is 1. The lowest BCUT2D eigenvalue weighted by Gasteiger charge is -2.05. The molecule has 0 aliphatic carbocycles. The van der Waals surface area contributed by atoms with E-state index in [1.165, 1.54) is 6.07 Å². The van der Waals surface area contributed by atoms with E-state index >= 15 is 0 Å². The third-order valence-corrected chi connectivity index (χ3v) is 1.68. The van der Waals surface area contributed by atoms with Crippen molar-refractivity contribution in [1.82, 2.24) is 0 Å². The Morgan fingerprint density at radius 3 is 2.58 bits per heavy atom. The molecule has 5 N–H and O–H groups in total. The molecule has 1 aromatic rings. The van der Waals surface area contributed by atoms with Gasteiger partial charge >= 0.3 is 0 Å². The molecule has 0 fully saturated rings. The molecule has 0 heterocycles. The lowest BCUT2D eigenvalue weighted by Crippen LogP contribution is -2.13. The third-order valence-electron chi connectivity index (χ3n) is 1.68. The monoisotopic (exact) mass is 166 g/mol. The van der Waals surface area contributed by atoms with E-state index in [0.29, 0.717) is 5.56 Å². The maximum absolute atomic E-state index is 10.7. The van der Waals surface area contributed by atoms with Crippen LogP contribution in [-0.2, 0) is 0 Å². The van der Waals surface area contributed by atoms with Gasteiger partial charge in [-0.25, -0.2) is 0 Å². The minimum Gasteiger partial charge on any atom is -0.505 e. The molecule has 4 heteroatoms. The Bertz CT molecular complexity index is 334. The predicted molar refractivity (Wildman–Crippen MR) is 45.8 cm³/mol. The van der Waals surface area contributed by atoms with Crippen molar-refractivity contribution in [3.05, 3.63) is 23.3 Å². The van der Waals surface area contributed by atoms with E-state index in [1.54, 1.807) is 13.0 Å². The Balaban J connectivity index is 3.36. The van der Waals surface area contributed by atoms with Crippen molar-refractivity contribution < 1.29 is 9.90 Å². The number of anilines is 1. The van der Waals surface area contributed by atoms with Crippen LogP contribution in [0.15, 0.2) is 12.1 Å². The predicted octanol–water partition coefficient (Wildman–Crippen LogP) is 0.382. The molecule has 1 aromatic carbocycles. The topological polar surface area (TPSA) is 89.3 Å². The van der Waals surface area contributed by atoms with Crippen LogP contribution in [0.5, 0.6) is 5.75 Å². The number of phenols is 1. The van der Waals surface area contributed by atoms with Gasteiger partial charge in [-0.1, -0.05) is 6.07 Å². The summed E-state index contributed by atoms with van der Waals surface area (Å²) in [6.07, 6.45) is 0. The van der Waals surface area contributed by atoms with E-state index in [4.69, 9.17) is 11.5 Å². The SMILES string of the molecule is Cc1ccc(C(N)=O)c(N)c1O. The molecule has 12 heavy (non-hydrogen) atoms. The minimum atomic E-state index is -0.636. The summed E-state index contributed by atoms with van der Waals surface area (Å²) in [6.45, 7) is 1.69. The molecule has 4 nitrogen and oxygen atoms in total. The summed E-state index contributed by atoms with van der Waals surface area (Å²) in [6, 6.07) is 3.08. The highest BCUT2D eigenvalue weighted by Crippen LogP contribution is 2.27. The maximum Gasteiger partial charge on any atom is 0.250 e. The van der Waals surface area contributed by atoms with Crippen LogP contribution in [0, 0.1) is 6.92 Å². The summed E-state index contributed by atoms with van der Waals surface area (Å²) in [5, 5.41) is 9.30. The molecule has 1 rings (SSSR count). The summed E-state index contributed by atoms with van der Waals surface area (Å²) in [4.78, 5) is 10.7. The Labute approximate surface area is 69.8 Å². The van der Waals surface area contributed by atoms with Gasteiger partial charge in [-0.15, -0.1) is 0 Å².